The fourth-order valence-electron chi connectivity index (χ4n) is 9.72. The lowest BCUT2D eigenvalue weighted by molar-refractivity contribution is 1.18. The second kappa shape index (κ2) is 24.2. The molecule has 0 spiro atoms. The van der Waals surface area contributed by atoms with E-state index in [-0.39, 0.29) is 0 Å². The summed E-state index contributed by atoms with van der Waals surface area (Å²) in [6, 6.07) is 76.9. The van der Waals surface area contributed by atoms with E-state index in [0.717, 1.165) is 60.5 Å². The van der Waals surface area contributed by atoms with Gasteiger partial charge in [-0.1, -0.05) is 268 Å². The van der Waals surface area contributed by atoms with Crippen LogP contribution in [0.15, 0.2) is 296 Å². The predicted octanol–water partition coefficient (Wildman–Crippen LogP) is 18.1. The van der Waals surface area contributed by atoms with Crippen LogP contribution >= 0.6 is 0 Å². The summed E-state index contributed by atoms with van der Waals surface area (Å²) in [6.07, 6.45) is 28.0. The molecule has 0 atom stereocenters. The molecule has 0 bridgehead atoms. The molecule has 9 rings (SSSR count). The summed E-state index contributed by atoms with van der Waals surface area (Å²) in [4.78, 5) is 0. The zero-order valence-corrected chi connectivity index (χ0v) is 42.4. The van der Waals surface area contributed by atoms with Crippen molar-refractivity contribution in [3.05, 3.63) is 324 Å². The molecule has 74 heavy (non-hydrogen) atoms. The van der Waals surface area contributed by atoms with Gasteiger partial charge in [-0.05, 0) is 154 Å². The molecule has 0 aromatic heterocycles. The van der Waals surface area contributed by atoms with Crippen molar-refractivity contribution in [1.29, 1.82) is 0 Å². The summed E-state index contributed by atoms with van der Waals surface area (Å²) in [5, 5.41) is 4.43. The van der Waals surface area contributed by atoms with Crippen molar-refractivity contribution in [2.24, 2.45) is 0 Å². The quantitative estimate of drug-likeness (QED) is 0.0669. The van der Waals surface area contributed by atoms with Gasteiger partial charge >= 0.3 is 0 Å². The second-order valence-electron chi connectivity index (χ2n) is 18.3. The lowest BCUT2D eigenvalue weighted by atomic mass is 9.85. The topological polar surface area (TPSA) is 0 Å². The van der Waals surface area contributed by atoms with E-state index in [4.69, 9.17) is 13.0 Å². The highest BCUT2D eigenvalue weighted by Crippen LogP contribution is 2.36. The number of allylic oxidation sites excluding steroid dienone is 13. The maximum Gasteiger partial charge on any atom is 0.0270 e. The van der Waals surface area contributed by atoms with Crippen molar-refractivity contribution in [2.75, 3.05) is 0 Å². The first kappa shape index (κ1) is 49.7. The molecular weight excluding hydrogens is 889 g/mol. The van der Waals surface area contributed by atoms with E-state index in [0.29, 0.717) is 12.8 Å². The van der Waals surface area contributed by atoms with Gasteiger partial charge in [0.05, 0.1) is 0 Å². The van der Waals surface area contributed by atoms with Crippen molar-refractivity contribution in [3.8, 4) is 68.0 Å². The van der Waals surface area contributed by atoms with Gasteiger partial charge in [0.2, 0.25) is 0 Å². The Balaban J connectivity index is 1.30. The van der Waals surface area contributed by atoms with Crippen molar-refractivity contribution in [3.63, 3.8) is 0 Å². The van der Waals surface area contributed by atoms with Crippen molar-refractivity contribution in [1.82, 2.24) is 0 Å². The fourth-order valence-corrected chi connectivity index (χ4v) is 9.72. The Labute approximate surface area is 438 Å². The standard InChI is InChI=1S/C74H60/c1-6-10-14-26-56(9-4)64(24-8-3)52-69(32-15-11-7-2)74(70-48-47-65(49-54(70)5)61-41-37-59(38-42-61)57-27-16-12-17-28-57)73-53-66(62-43-39-60(40-44-62)58-29-18-13-19-30-58)45-46-68(73)51-55-25-22-34-67(50-55)72-36-23-33-63-31-20-21-35-71(63)72/h1,7-9,11-50,52-53H,4-5,10,51H2,2-3H3/b11-7+,24-8-,26-14-,32-15-,64-56-,69-52+,74-70-. The van der Waals surface area contributed by atoms with Crippen LogP contribution in [-0.2, 0) is 6.42 Å². The third kappa shape index (κ3) is 11.7. The molecule has 0 unspecified atom stereocenters. The lowest BCUT2D eigenvalue weighted by Crippen LogP contribution is -2.27. The summed E-state index contributed by atoms with van der Waals surface area (Å²) in [5.41, 5.74) is 19.3. The van der Waals surface area contributed by atoms with E-state index in [1.165, 1.54) is 55.3 Å². The van der Waals surface area contributed by atoms with Crippen molar-refractivity contribution >= 4 is 22.9 Å². The molecule has 9 aromatic carbocycles. The molecule has 0 aliphatic heterocycles. The number of hydrogen-bond acceptors (Lipinski definition) is 0. The molecule has 0 radical (unpaired) electrons. The number of fused-ring (bicyclic) bond motifs is 1. The predicted molar refractivity (Wildman–Crippen MR) is 321 cm³/mol. The molecule has 0 N–H and O–H groups in total. The summed E-state index contributed by atoms with van der Waals surface area (Å²) in [6.45, 7) is 13.2. The zero-order valence-electron chi connectivity index (χ0n) is 42.4. The Morgan fingerprint density at radius 2 is 1.07 bits per heavy atom. The van der Waals surface area contributed by atoms with E-state index in [1.807, 2.05) is 19.1 Å². The van der Waals surface area contributed by atoms with Crippen LogP contribution in [-0.4, -0.2) is 0 Å². The van der Waals surface area contributed by atoms with Crippen LogP contribution in [0.1, 0.15) is 37.0 Å². The van der Waals surface area contributed by atoms with E-state index in [2.05, 4.69) is 280 Å². The van der Waals surface area contributed by atoms with Gasteiger partial charge in [-0.25, -0.2) is 0 Å². The summed E-state index contributed by atoms with van der Waals surface area (Å²) >= 11 is 0. The molecule has 9 aromatic rings. The minimum absolute atomic E-state index is 0.520. The van der Waals surface area contributed by atoms with Crippen LogP contribution < -0.4 is 10.4 Å². The first-order valence-corrected chi connectivity index (χ1v) is 25.4. The van der Waals surface area contributed by atoms with Gasteiger partial charge in [-0.15, -0.1) is 12.3 Å². The van der Waals surface area contributed by atoms with Crippen LogP contribution in [0.2, 0.25) is 0 Å². The molecule has 0 saturated carbocycles. The Morgan fingerprint density at radius 3 is 1.70 bits per heavy atom. The maximum atomic E-state index is 5.72. The smallest absolute Gasteiger partial charge is 0.0270 e. The SMILES string of the molecule is C#CC\C=C/C(C=C)=C(/C=C\C)\C=C(/C=C\C=C\C)C(\c1cc(-c2ccc(-c3ccccc3)cc2)ccc1Cc1cccc(-c2cccc3ccccc23)c1)=c1/ccc(-c2ccc(-c3ccccc3)cc2)cc1=C. The monoisotopic (exact) mass is 948 g/mol. The average molecular weight is 949 g/mol. The molecule has 0 heterocycles. The van der Waals surface area contributed by atoms with Crippen molar-refractivity contribution < 1.29 is 0 Å². The summed E-state index contributed by atoms with van der Waals surface area (Å²) < 4.78 is 0. The minimum atomic E-state index is 0.520. The van der Waals surface area contributed by atoms with Crippen LogP contribution in [0.5, 0.6) is 0 Å². The molecular formula is C74H60. The van der Waals surface area contributed by atoms with Crippen LogP contribution in [0.25, 0.3) is 78.6 Å². The molecule has 0 nitrogen and oxygen atoms in total. The van der Waals surface area contributed by atoms with Gasteiger partial charge in [0.15, 0.2) is 0 Å². The first-order valence-electron chi connectivity index (χ1n) is 25.4. The van der Waals surface area contributed by atoms with Gasteiger partial charge in [0.1, 0.15) is 0 Å². The molecule has 0 aliphatic rings. The molecule has 0 amide bonds. The van der Waals surface area contributed by atoms with Crippen LogP contribution in [0, 0.1) is 12.3 Å². The van der Waals surface area contributed by atoms with E-state index < -0.39 is 0 Å². The highest BCUT2D eigenvalue weighted by atomic mass is 14.2. The van der Waals surface area contributed by atoms with Gasteiger partial charge in [0.25, 0.3) is 0 Å². The fraction of sp³-hybridized carbons (Fsp3) is 0.0541. The van der Waals surface area contributed by atoms with Gasteiger partial charge in [-0.3, -0.25) is 0 Å². The van der Waals surface area contributed by atoms with Crippen LogP contribution in [0.3, 0.4) is 0 Å². The second-order valence-corrected chi connectivity index (χ2v) is 18.3. The third-order valence-corrected chi connectivity index (χ3v) is 13.4. The highest BCUT2D eigenvalue weighted by Gasteiger charge is 2.18. The normalized spacial score (nSPS) is 12.7. The zero-order chi connectivity index (χ0) is 51.1. The number of hydrogen-bond donors (Lipinski definition) is 0. The van der Waals surface area contributed by atoms with Gasteiger partial charge in [-0.2, -0.15) is 0 Å². The minimum Gasteiger partial charge on any atom is -0.120 e. The largest absolute Gasteiger partial charge is 0.120 e. The third-order valence-electron chi connectivity index (χ3n) is 13.4. The maximum absolute atomic E-state index is 5.72. The Morgan fingerprint density at radius 1 is 0.500 bits per heavy atom. The van der Waals surface area contributed by atoms with E-state index >= 15 is 0 Å². The number of benzene rings is 9. The molecule has 356 valence electrons. The summed E-state index contributed by atoms with van der Waals surface area (Å²) in [5.74, 6) is 2.76. The number of rotatable bonds is 16. The van der Waals surface area contributed by atoms with Crippen LogP contribution in [0.4, 0.5) is 0 Å². The van der Waals surface area contributed by atoms with Gasteiger partial charge < -0.3 is 0 Å². The summed E-state index contributed by atoms with van der Waals surface area (Å²) in [7, 11) is 0. The first-order chi connectivity index (χ1) is 36.4. The lowest BCUT2D eigenvalue weighted by Gasteiger charge is -2.19. The number of terminal acetylenes is 1. The Hall–Kier alpha value is -9.28. The van der Waals surface area contributed by atoms with Crippen molar-refractivity contribution in [2.45, 2.75) is 26.7 Å². The van der Waals surface area contributed by atoms with Gasteiger partial charge in [0, 0.05) is 6.42 Å². The Kier molecular flexibility index (Phi) is 16.3. The molecule has 0 fully saturated rings. The molecule has 0 heteroatoms. The highest BCUT2D eigenvalue weighted by molar-refractivity contribution is 5.97. The Bertz CT molecular complexity index is 3780. The average Bonchev–Trinajstić information content (AvgIpc) is 3.45. The molecule has 0 saturated heterocycles. The van der Waals surface area contributed by atoms with E-state index in [1.54, 1.807) is 0 Å². The molecule has 0 aliphatic carbocycles. The van der Waals surface area contributed by atoms with E-state index in [9.17, 15) is 0 Å².